The minimum Gasteiger partial charge on any atom is -0.467 e. The molecule has 0 fully saturated rings. The Kier molecular flexibility index (Phi) is 6.70. The minimum absolute atomic E-state index is 0.162. The second kappa shape index (κ2) is 7.23. The topological polar surface area (TPSA) is 81.4 Å². The predicted octanol–water partition coefficient (Wildman–Crippen LogP) is 0.0391. The van der Waals surface area contributed by atoms with Gasteiger partial charge in [-0.2, -0.15) is 0 Å². The fraction of sp³-hybridized carbons (Fsp3) is 0.800. The van der Waals surface area contributed by atoms with Gasteiger partial charge in [-0.25, -0.2) is 4.79 Å². The number of esters is 1. The van der Waals surface area contributed by atoms with Crippen LogP contribution in [0.3, 0.4) is 0 Å². The van der Waals surface area contributed by atoms with E-state index in [1.807, 2.05) is 6.92 Å². The molecule has 0 saturated heterocycles. The van der Waals surface area contributed by atoms with Crippen molar-refractivity contribution in [2.75, 3.05) is 13.7 Å². The van der Waals surface area contributed by atoms with Crippen molar-refractivity contribution < 1.29 is 14.3 Å². The summed E-state index contributed by atoms with van der Waals surface area (Å²) < 4.78 is 4.49. The summed E-state index contributed by atoms with van der Waals surface area (Å²) in [5.74, 6) is -0.427. The molecule has 0 aliphatic rings. The van der Waals surface area contributed by atoms with Crippen molar-refractivity contribution in [1.29, 1.82) is 0 Å². The van der Waals surface area contributed by atoms with Crippen molar-refractivity contribution in [3.63, 3.8) is 0 Å². The van der Waals surface area contributed by atoms with Crippen LogP contribution in [0.25, 0.3) is 0 Å². The van der Waals surface area contributed by atoms with Crippen molar-refractivity contribution in [1.82, 2.24) is 5.32 Å². The lowest BCUT2D eigenvalue weighted by atomic mass is 10.0. The largest absolute Gasteiger partial charge is 0.467 e. The summed E-state index contributed by atoms with van der Waals surface area (Å²) in [6, 6.07) is -0.599. The Hall–Kier alpha value is -1.10. The van der Waals surface area contributed by atoms with E-state index in [4.69, 9.17) is 5.73 Å². The molecular formula is C10H20N2O3. The third-order valence-corrected chi connectivity index (χ3v) is 2.32. The van der Waals surface area contributed by atoms with Crippen LogP contribution in [0.4, 0.5) is 0 Å². The summed E-state index contributed by atoms with van der Waals surface area (Å²) in [6.45, 7) is 4.05. The van der Waals surface area contributed by atoms with Gasteiger partial charge in [0.1, 0.15) is 6.04 Å². The Morgan fingerprint density at radius 1 is 1.47 bits per heavy atom. The molecular weight excluding hydrogens is 196 g/mol. The van der Waals surface area contributed by atoms with E-state index >= 15 is 0 Å². The van der Waals surface area contributed by atoms with Crippen LogP contribution in [0, 0.1) is 5.92 Å². The molecule has 0 heterocycles. The average Bonchev–Trinajstić information content (AvgIpc) is 2.24. The van der Waals surface area contributed by atoms with Gasteiger partial charge in [-0.15, -0.1) is 0 Å². The van der Waals surface area contributed by atoms with Crippen LogP contribution in [0.1, 0.15) is 26.7 Å². The fourth-order valence-electron chi connectivity index (χ4n) is 1.19. The molecule has 0 radical (unpaired) electrons. The molecule has 0 rings (SSSR count). The highest BCUT2D eigenvalue weighted by Gasteiger charge is 2.17. The van der Waals surface area contributed by atoms with Gasteiger partial charge >= 0.3 is 5.97 Å². The predicted molar refractivity (Wildman–Crippen MR) is 57.1 cm³/mol. The quantitative estimate of drug-likeness (QED) is 0.614. The molecule has 3 N–H and O–H groups in total. The van der Waals surface area contributed by atoms with E-state index in [1.54, 1.807) is 6.92 Å². The number of amides is 1. The van der Waals surface area contributed by atoms with Crippen LogP contribution in [-0.4, -0.2) is 31.6 Å². The lowest BCUT2D eigenvalue weighted by molar-refractivity contribution is -0.144. The number of hydrogen-bond acceptors (Lipinski definition) is 4. The van der Waals surface area contributed by atoms with E-state index < -0.39 is 12.0 Å². The van der Waals surface area contributed by atoms with Crippen LogP contribution in [0.2, 0.25) is 0 Å². The van der Waals surface area contributed by atoms with Gasteiger partial charge in [0.05, 0.1) is 7.11 Å². The number of carbonyl (C=O) groups is 2. The van der Waals surface area contributed by atoms with Crippen molar-refractivity contribution in [2.24, 2.45) is 11.7 Å². The van der Waals surface area contributed by atoms with Gasteiger partial charge in [0.15, 0.2) is 0 Å². The molecule has 0 saturated carbocycles. The molecule has 0 spiro atoms. The van der Waals surface area contributed by atoms with Gasteiger partial charge in [0.25, 0.3) is 0 Å². The Morgan fingerprint density at radius 2 is 2.07 bits per heavy atom. The summed E-state index contributed by atoms with van der Waals surface area (Å²) in [7, 11) is 1.29. The highest BCUT2D eigenvalue weighted by Crippen LogP contribution is 2.05. The number of nitrogens with two attached hydrogens (primary N) is 1. The zero-order valence-electron chi connectivity index (χ0n) is 9.58. The first-order valence-corrected chi connectivity index (χ1v) is 5.12. The number of ether oxygens (including phenoxy) is 1. The molecule has 0 aromatic heterocycles. The van der Waals surface area contributed by atoms with Gasteiger partial charge in [-0.1, -0.05) is 13.3 Å². The molecule has 0 aliphatic heterocycles. The van der Waals surface area contributed by atoms with Gasteiger partial charge < -0.3 is 15.8 Å². The van der Waals surface area contributed by atoms with E-state index in [2.05, 4.69) is 10.1 Å². The van der Waals surface area contributed by atoms with E-state index in [0.29, 0.717) is 13.0 Å². The third-order valence-electron chi connectivity index (χ3n) is 2.32. The number of methoxy groups -OCH3 is 1. The number of hydrogen-bond donors (Lipinski definition) is 2. The van der Waals surface area contributed by atoms with Gasteiger partial charge in [0, 0.05) is 6.42 Å². The van der Waals surface area contributed by atoms with Crippen molar-refractivity contribution in [3.8, 4) is 0 Å². The Bertz CT molecular complexity index is 215. The second-order valence-corrected chi connectivity index (χ2v) is 3.53. The first-order chi connectivity index (χ1) is 7.04. The van der Waals surface area contributed by atoms with Crippen molar-refractivity contribution >= 4 is 11.9 Å². The van der Waals surface area contributed by atoms with E-state index in [-0.39, 0.29) is 11.8 Å². The number of nitrogens with one attached hydrogen (secondary N) is 1. The lowest BCUT2D eigenvalue weighted by Crippen LogP contribution is -2.40. The number of rotatable bonds is 6. The highest BCUT2D eigenvalue weighted by molar-refractivity contribution is 5.84. The first-order valence-electron chi connectivity index (χ1n) is 5.12. The fourth-order valence-corrected chi connectivity index (χ4v) is 1.19. The summed E-state index contributed by atoms with van der Waals surface area (Å²) in [6.07, 6.45) is 1.21. The minimum atomic E-state index is -0.599. The van der Waals surface area contributed by atoms with E-state index in [1.165, 1.54) is 7.11 Å². The van der Waals surface area contributed by atoms with Crippen molar-refractivity contribution in [2.45, 2.75) is 32.7 Å². The Labute approximate surface area is 90.4 Å². The van der Waals surface area contributed by atoms with Crippen LogP contribution in [0.15, 0.2) is 0 Å². The molecule has 1 unspecified atom stereocenters. The third kappa shape index (κ3) is 5.37. The van der Waals surface area contributed by atoms with Gasteiger partial charge in [-0.05, 0) is 19.4 Å². The Balaban J connectivity index is 3.97. The molecule has 88 valence electrons. The van der Waals surface area contributed by atoms with Gasteiger partial charge in [-0.3, -0.25) is 4.79 Å². The van der Waals surface area contributed by atoms with Crippen LogP contribution in [-0.2, 0) is 14.3 Å². The van der Waals surface area contributed by atoms with Gasteiger partial charge in [0.2, 0.25) is 5.91 Å². The molecule has 1 amide bonds. The second-order valence-electron chi connectivity index (χ2n) is 3.53. The normalized spacial score (nSPS) is 14.1. The van der Waals surface area contributed by atoms with Crippen LogP contribution in [0.5, 0.6) is 0 Å². The maximum atomic E-state index is 11.4. The lowest BCUT2D eigenvalue weighted by Gasteiger charge is -2.15. The molecule has 5 nitrogen and oxygen atoms in total. The summed E-state index contributed by atoms with van der Waals surface area (Å²) in [5.41, 5.74) is 5.48. The zero-order chi connectivity index (χ0) is 11.8. The first kappa shape index (κ1) is 13.9. The summed E-state index contributed by atoms with van der Waals surface area (Å²) >= 11 is 0. The van der Waals surface area contributed by atoms with E-state index in [0.717, 1.165) is 6.42 Å². The van der Waals surface area contributed by atoms with Crippen molar-refractivity contribution in [3.05, 3.63) is 0 Å². The SMILES string of the molecule is CCC(CN)CC(=O)N[C@@H](C)C(=O)OC. The van der Waals surface area contributed by atoms with Crippen LogP contribution >= 0.6 is 0 Å². The summed E-state index contributed by atoms with van der Waals surface area (Å²) in [4.78, 5) is 22.4. The smallest absolute Gasteiger partial charge is 0.328 e. The molecule has 0 aliphatic carbocycles. The molecule has 0 aromatic carbocycles. The van der Waals surface area contributed by atoms with Crippen LogP contribution < -0.4 is 11.1 Å². The Morgan fingerprint density at radius 3 is 2.47 bits per heavy atom. The molecule has 15 heavy (non-hydrogen) atoms. The number of carbonyl (C=O) groups excluding carboxylic acids is 2. The highest BCUT2D eigenvalue weighted by atomic mass is 16.5. The molecule has 2 atom stereocenters. The monoisotopic (exact) mass is 216 g/mol. The molecule has 0 aromatic rings. The maximum absolute atomic E-state index is 11.4. The average molecular weight is 216 g/mol. The summed E-state index contributed by atoms with van der Waals surface area (Å²) in [5, 5.41) is 2.56. The standard InChI is InChI=1S/C10H20N2O3/c1-4-8(6-11)5-9(13)12-7(2)10(14)15-3/h7-8H,4-6,11H2,1-3H3,(H,12,13)/t7-,8?/m0/s1. The molecule has 0 bridgehead atoms. The maximum Gasteiger partial charge on any atom is 0.328 e. The van der Waals surface area contributed by atoms with E-state index in [9.17, 15) is 9.59 Å². The zero-order valence-corrected chi connectivity index (χ0v) is 9.58. The molecule has 5 heteroatoms.